The smallest absolute Gasteiger partial charge is 0.194 e. The summed E-state index contributed by atoms with van der Waals surface area (Å²) < 4.78 is 1.07. The van der Waals surface area contributed by atoms with Crippen molar-refractivity contribution in [3.8, 4) is 12.1 Å². The van der Waals surface area contributed by atoms with E-state index in [1.165, 1.54) is 11.3 Å². The Kier molecular flexibility index (Phi) is 3.58. The van der Waals surface area contributed by atoms with Gasteiger partial charge in [0.2, 0.25) is 0 Å². The SMILES string of the molecule is Cc1nc2sc(/C=C3\C(=O)c4ccccc4C3=C(C#N)C#N)cc2s1. The summed E-state index contributed by atoms with van der Waals surface area (Å²) in [6.07, 6.45) is 1.76. The largest absolute Gasteiger partial charge is 0.289 e. The zero-order chi connectivity index (χ0) is 17.6. The molecule has 0 N–H and O–H groups in total. The Balaban J connectivity index is 1.95. The van der Waals surface area contributed by atoms with Gasteiger partial charge in [0.1, 0.15) is 22.5 Å². The van der Waals surface area contributed by atoms with Crippen LogP contribution in [0.2, 0.25) is 0 Å². The summed E-state index contributed by atoms with van der Waals surface area (Å²) in [5.74, 6) is -0.158. The number of hydrogen-bond donors (Lipinski definition) is 0. The highest BCUT2D eigenvalue weighted by molar-refractivity contribution is 7.27. The van der Waals surface area contributed by atoms with Crippen LogP contribution in [0.1, 0.15) is 25.8 Å². The van der Waals surface area contributed by atoms with Crippen LogP contribution >= 0.6 is 22.7 Å². The van der Waals surface area contributed by atoms with Gasteiger partial charge in [-0.05, 0) is 24.6 Å². The van der Waals surface area contributed by atoms with Crippen LogP contribution in [0.25, 0.3) is 21.2 Å². The molecular weight excluding hydrogens is 350 g/mol. The lowest BCUT2D eigenvalue weighted by atomic mass is 9.99. The Hall–Kier alpha value is -3.06. The minimum absolute atomic E-state index is 0.0445. The second kappa shape index (κ2) is 5.78. The Labute approximate surface area is 151 Å². The van der Waals surface area contributed by atoms with Gasteiger partial charge >= 0.3 is 0 Å². The van der Waals surface area contributed by atoms with Crippen molar-refractivity contribution >= 4 is 49.6 Å². The molecule has 0 atom stereocenters. The highest BCUT2D eigenvalue weighted by atomic mass is 32.1. The van der Waals surface area contributed by atoms with E-state index in [0.29, 0.717) is 22.3 Å². The summed E-state index contributed by atoms with van der Waals surface area (Å²) in [7, 11) is 0. The van der Waals surface area contributed by atoms with E-state index in [1.807, 2.05) is 25.1 Å². The van der Waals surface area contributed by atoms with Crippen molar-refractivity contribution in [2.45, 2.75) is 6.92 Å². The van der Waals surface area contributed by atoms with Crippen LogP contribution in [-0.2, 0) is 0 Å². The van der Waals surface area contributed by atoms with Gasteiger partial charge in [0.25, 0.3) is 0 Å². The van der Waals surface area contributed by atoms with Crippen molar-refractivity contribution in [1.29, 1.82) is 10.5 Å². The minimum Gasteiger partial charge on any atom is -0.289 e. The number of fused-ring (bicyclic) bond motifs is 2. The fourth-order valence-corrected chi connectivity index (χ4v) is 4.99. The van der Waals surface area contributed by atoms with Crippen molar-refractivity contribution in [2.75, 3.05) is 0 Å². The summed E-state index contributed by atoms with van der Waals surface area (Å²) in [6, 6.07) is 12.9. The Morgan fingerprint density at radius 3 is 2.56 bits per heavy atom. The molecule has 0 radical (unpaired) electrons. The van der Waals surface area contributed by atoms with Crippen LogP contribution in [0.3, 0.4) is 0 Å². The molecule has 0 saturated heterocycles. The first-order chi connectivity index (χ1) is 12.1. The average Bonchev–Trinajstić information content (AvgIpc) is 3.21. The maximum atomic E-state index is 12.8. The van der Waals surface area contributed by atoms with E-state index in [-0.39, 0.29) is 11.4 Å². The summed E-state index contributed by atoms with van der Waals surface area (Å²) in [4.78, 5) is 19.1. The first-order valence-electron chi connectivity index (χ1n) is 7.40. The van der Waals surface area contributed by atoms with Crippen molar-refractivity contribution in [2.24, 2.45) is 0 Å². The predicted octanol–water partition coefficient (Wildman–Crippen LogP) is 4.75. The van der Waals surface area contributed by atoms with Gasteiger partial charge in [0, 0.05) is 21.6 Å². The van der Waals surface area contributed by atoms with E-state index in [4.69, 9.17) is 0 Å². The minimum atomic E-state index is -0.158. The molecule has 0 bridgehead atoms. The van der Waals surface area contributed by atoms with Gasteiger partial charge < -0.3 is 0 Å². The number of Topliss-reactive ketones (excluding diaryl/α,β-unsaturated/α-hetero) is 1. The molecule has 0 saturated carbocycles. The lowest BCUT2D eigenvalue weighted by Crippen LogP contribution is -1.95. The van der Waals surface area contributed by atoms with Crippen molar-refractivity contribution in [3.63, 3.8) is 0 Å². The van der Waals surface area contributed by atoms with Crippen LogP contribution in [-0.4, -0.2) is 10.8 Å². The lowest BCUT2D eigenvalue weighted by Gasteiger charge is -2.00. The van der Waals surface area contributed by atoms with Crippen LogP contribution in [0, 0.1) is 29.6 Å². The molecule has 1 aromatic carbocycles. The number of aryl methyl sites for hydroxylation is 1. The molecule has 0 spiro atoms. The number of carbonyl (C=O) groups excluding carboxylic acids is 1. The van der Waals surface area contributed by atoms with Gasteiger partial charge in [-0.3, -0.25) is 4.79 Å². The number of nitrogens with zero attached hydrogens (tertiary/aromatic N) is 3. The van der Waals surface area contributed by atoms with Crippen LogP contribution < -0.4 is 0 Å². The number of thiophene rings is 1. The molecule has 25 heavy (non-hydrogen) atoms. The van der Waals surface area contributed by atoms with Crippen molar-refractivity contribution in [1.82, 2.24) is 4.98 Å². The predicted molar refractivity (Wildman–Crippen MR) is 99.1 cm³/mol. The van der Waals surface area contributed by atoms with E-state index in [2.05, 4.69) is 4.98 Å². The number of rotatable bonds is 1. The molecule has 4 rings (SSSR count). The lowest BCUT2D eigenvalue weighted by molar-refractivity contribution is 0.104. The number of thiazole rings is 1. The van der Waals surface area contributed by atoms with E-state index < -0.39 is 0 Å². The highest BCUT2D eigenvalue weighted by Gasteiger charge is 2.32. The summed E-state index contributed by atoms with van der Waals surface area (Å²) in [5.41, 5.74) is 1.94. The summed E-state index contributed by atoms with van der Waals surface area (Å²) in [5, 5.41) is 19.6. The summed E-state index contributed by atoms with van der Waals surface area (Å²) in [6.45, 7) is 1.96. The van der Waals surface area contributed by atoms with Crippen LogP contribution in [0.4, 0.5) is 0 Å². The number of ketones is 1. The average molecular weight is 359 g/mol. The van der Waals surface area contributed by atoms with Crippen LogP contribution in [0.5, 0.6) is 0 Å². The standard InChI is InChI=1S/C19H9N3OS2/c1-10-22-19-16(24-10)7-12(25-19)6-15-17(11(8-20)9-21)13-4-2-3-5-14(13)18(15)23/h2-7H,1H3/b15-6-. The highest BCUT2D eigenvalue weighted by Crippen LogP contribution is 2.41. The number of aromatic nitrogens is 1. The zero-order valence-corrected chi connectivity index (χ0v) is 14.7. The normalized spacial score (nSPS) is 14.6. The zero-order valence-electron chi connectivity index (χ0n) is 13.0. The number of allylic oxidation sites excluding steroid dienone is 3. The third-order valence-corrected chi connectivity index (χ3v) is 5.95. The Morgan fingerprint density at radius 1 is 1.16 bits per heavy atom. The molecule has 6 heteroatoms. The molecule has 2 heterocycles. The van der Waals surface area contributed by atoms with Gasteiger partial charge in [-0.2, -0.15) is 10.5 Å². The van der Waals surface area contributed by atoms with E-state index in [1.54, 1.807) is 41.7 Å². The van der Waals surface area contributed by atoms with Crippen molar-refractivity contribution < 1.29 is 4.79 Å². The summed E-state index contributed by atoms with van der Waals surface area (Å²) >= 11 is 3.10. The van der Waals surface area contributed by atoms with Gasteiger partial charge in [-0.1, -0.05) is 24.3 Å². The van der Waals surface area contributed by atoms with Gasteiger partial charge in [-0.15, -0.1) is 22.7 Å². The number of hydrogen-bond acceptors (Lipinski definition) is 6. The molecule has 0 amide bonds. The van der Waals surface area contributed by atoms with E-state index >= 15 is 0 Å². The Morgan fingerprint density at radius 2 is 1.88 bits per heavy atom. The van der Waals surface area contributed by atoms with Crippen LogP contribution in [0.15, 0.2) is 41.5 Å². The molecule has 1 aliphatic rings. The fourth-order valence-electron chi connectivity index (χ4n) is 2.92. The fraction of sp³-hybridized carbons (Fsp3) is 0.0526. The molecule has 0 fully saturated rings. The second-order valence-electron chi connectivity index (χ2n) is 5.46. The third-order valence-electron chi connectivity index (χ3n) is 3.93. The first kappa shape index (κ1) is 15.5. The second-order valence-corrected chi connectivity index (χ2v) is 7.75. The molecule has 0 unspecified atom stereocenters. The van der Waals surface area contributed by atoms with E-state index in [0.717, 1.165) is 19.4 Å². The monoisotopic (exact) mass is 359 g/mol. The molecule has 2 aromatic heterocycles. The molecule has 4 nitrogen and oxygen atoms in total. The van der Waals surface area contributed by atoms with Gasteiger partial charge in [0.05, 0.1) is 9.71 Å². The maximum absolute atomic E-state index is 12.8. The van der Waals surface area contributed by atoms with Gasteiger partial charge in [0.15, 0.2) is 5.78 Å². The number of nitriles is 2. The topological polar surface area (TPSA) is 77.5 Å². The van der Waals surface area contributed by atoms with E-state index in [9.17, 15) is 15.3 Å². The first-order valence-corrected chi connectivity index (χ1v) is 9.03. The number of benzene rings is 1. The molecule has 3 aromatic rings. The van der Waals surface area contributed by atoms with Gasteiger partial charge in [-0.25, -0.2) is 4.98 Å². The third kappa shape index (κ3) is 2.40. The maximum Gasteiger partial charge on any atom is 0.194 e. The Bertz CT molecular complexity index is 1150. The quantitative estimate of drug-likeness (QED) is 0.464. The molecular formula is C19H9N3OS2. The molecule has 118 valence electrons. The molecule has 0 aliphatic heterocycles. The van der Waals surface area contributed by atoms with Crippen molar-refractivity contribution in [3.05, 3.63) is 62.5 Å². The molecule has 1 aliphatic carbocycles. The number of carbonyl (C=O) groups is 1.